The molecule has 17 heavy (non-hydrogen) atoms. The second-order valence-electron chi connectivity index (χ2n) is 3.55. The van der Waals surface area contributed by atoms with Gasteiger partial charge in [0.25, 0.3) is 0 Å². The van der Waals surface area contributed by atoms with Crippen LogP contribution in [0.4, 0.5) is 5.69 Å². The van der Waals surface area contributed by atoms with Gasteiger partial charge in [-0.15, -0.1) is 11.3 Å². The first-order valence-electron chi connectivity index (χ1n) is 5.16. The van der Waals surface area contributed by atoms with Crippen molar-refractivity contribution in [2.24, 2.45) is 0 Å². The number of nitrogens with one attached hydrogen (secondary N) is 1. The number of thiazole rings is 1. The largest absolute Gasteiger partial charge is 0.396 e. The van der Waals surface area contributed by atoms with Gasteiger partial charge in [-0.05, 0) is 0 Å². The minimum atomic E-state index is -0.0803. The minimum absolute atomic E-state index is 0.0803. The lowest BCUT2D eigenvalue weighted by Gasteiger charge is -2.03. The summed E-state index contributed by atoms with van der Waals surface area (Å²) in [5.41, 5.74) is 8.83. The van der Waals surface area contributed by atoms with Crippen molar-refractivity contribution in [1.82, 2.24) is 20.1 Å². The van der Waals surface area contributed by atoms with Gasteiger partial charge < -0.3 is 11.1 Å². The molecule has 1 amide bonds. The first-order chi connectivity index (χ1) is 8.24. The average Bonchev–Trinajstić information content (AvgIpc) is 2.90. The highest BCUT2D eigenvalue weighted by Gasteiger charge is 2.03. The maximum Gasteiger partial charge on any atom is 0.241 e. The maximum absolute atomic E-state index is 11.5. The van der Waals surface area contributed by atoms with E-state index in [4.69, 9.17) is 5.73 Å². The molecule has 0 aliphatic rings. The summed E-state index contributed by atoms with van der Waals surface area (Å²) in [7, 11) is 0. The molecule has 0 saturated heterocycles. The van der Waals surface area contributed by atoms with Crippen molar-refractivity contribution in [3.63, 3.8) is 0 Å². The highest BCUT2D eigenvalue weighted by atomic mass is 32.1. The third kappa shape index (κ3) is 3.56. The van der Waals surface area contributed by atoms with Crippen molar-refractivity contribution in [3.8, 4) is 0 Å². The normalized spacial score (nSPS) is 10.4. The third-order valence-electron chi connectivity index (χ3n) is 2.15. The van der Waals surface area contributed by atoms with Gasteiger partial charge >= 0.3 is 0 Å². The van der Waals surface area contributed by atoms with Crippen LogP contribution < -0.4 is 11.1 Å². The molecule has 90 valence electrons. The predicted molar refractivity (Wildman–Crippen MR) is 65.5 cm³/mol. The third-order valence-corrected chi connectivity index (χ3v) is 2.78. The van der Waals surface area contributed by atoms with Crippen molar-refractivity contribution in [2.45, 2.75) is 13.0 Å². The Labute approximate surface area is 102 Å². The van der Waals surface area contributed by atoms with E-state index in [2.05, 4.69) is 15.4 Å². The molecule has 0 aliphatic heterocycles. The van der Waals surface area contributed by atoms with Gasteiger partial charge in [-0.1, -0.05) is 0 Å². The molecule has 0 fully saturated rings. The van der Waals surface area contributed by atoms with E-state index < -0.39 is 0 Å². The van der Waals surface area contributed by atoms with Gasteiger partial charge in [0.2, 0.25) is 5.91 Å². The van der Waals surface area contributed by atoms with Crippen LogP contribution in [0.1, 0.15) is 5.69 Å². The second-order valence-corrected chi connectivity index (χ2v) is 4.27. The van der Waals surface area contributed by atoms with Crippen molar-refractivity contribution in [3.05, 3.63) is 29.0 Å². The molecule has 0 radical (unpaired) electrons. The van der Waals surface area contributed by atoms with Crippen molar-refractivity contribution in [2.75, 3.05) is 12.3 Å². The Balaban J connectivity index is 1.71. The number of amides is 1. The van der Waals surface area contributed by atoms with Gasteiger partial charge in [0.15, 0.2) is 0 Å². The van der Waals surface area contributed by atoms with Crippen molar-refractivity contribution >= 4 is 22.9 Å². The van der Waals surface area contributed by atoms with E-state index in [1.807, 2.05) is 5.38 Å². The van der Waals surface area contributed by atoms with E-state index in [0.29, 0.717) is 12.2 Å². The number of hydrogen-bond donors (Lipinski definition) is 2. The summed E-state index contributed by atoms with van der Waals surface area (Å²) in [5, 5.41) is 8.71. The van der Waals surface area contributed by atoms with E-state index in [0.717, 1.165) is 12.1 Å². The van der Waals surface area contributed by atoms with Crippen LogP contribution in [0.5, 0.6) is 0 Å². The van der Waals surface area contributed by atoms with Crippen LogP contribution in [-0.4, -0.2) is 27.2 Å². The zero-order chi connectivity index (χ0) is 12.1. The fourth-order valence-electron chi connectivity index (χ4n) is 1.36. The molecular formula is C10H13N5OS. The highest BCUT2D eigenvalue weighted by molar-refractivity contribution is 7.07. The van der Waals surface area contributed by atoms with Crippen molar-refractivity contribution in [1.29, 1.82) is 0 Å². The number of rotatable bonds is 5. The number of carbonyl (C=O) groups is 1. The van der Waals surface area contributed by atoms with Gasteiger partial charge in [-0.3, -0.25) is 9.48 Å². The zero-order valence-corrected chi connectivity index (χ0v) is 9.98. The lowest BCUT2D eigenvalue weighted by Crippen LogP contribution is -2.29. The first kappa shape index (κ1) is 11.6. The van der Waals surface area contributed by atoms with Gasteiger partial charge in [-0.2, -0.15) is 5.10 Å². The van der Waals surface area contributed by atoms with Gasteiger partial charge in [0, 0.05) is 24.5 Å². The number of nitrogens with zero attached hydrogens (tertiary/aromatic N) is 3. The molecule has 0 saturated carbocycles. The quantitative estimate of drug-likeness (QED) is 0.799. The molecule has 2 aromatic heterocycles. The van der Waals surface area contributed by atoms with Gasteiger partial charge in [-0.25, -0.2) is 4.98 Å². The van der Waals surface area contributed by atoms with Crippen LogP contribution in [0.3, 0.4) is 0 Å². The number of nitrogens with two attached hydrogens (primary N) is 1. The Kier molecular flexibility index (Phi) is 3.71. The van der Waals surface area contributed by atoms with Gasteiger partial charge in [0.1, 0.15) is 6.54 Å². The molecule has 0 unspecified atom stereocenters. The molecule has 6 nitrogen and oxygen atoms in total. The fourth-order valence-corrected chi connectivity index (χ4v) is 1.95. The Morgan fingerprint density at radius 1 is 1.59 bits per heavy atom. The van der Waals surface area contributed by atoms with Crippen LogP contribution in [0.2, 0.25) is 0 Å². The number of aromatic nitrogens is 3. The number of anilines is 1. The summed E-state index contributed by atoms with van der Waals surface area (Å²) in [6.07, 6.45) is 3.89. The summed E-state index contributed by atoms with van der Waals surface area (Å²) in [6.45, 7) is 0.771. The zero-order valence-electron chi connectivity index (χ0n) is 9.17. The maximum atomic E-state index is 11.5. The molecule has 3 N–H and O–H groups in total. The second kappa shape index (κ2) is 5.44. The first-order valence-corrected chi connectivity index (χ1v) is 6.10. The van der Waals surface area contributed by atoms with E-state index in [-0.39, 0.29) is 12.5 Å². The molecule has 0 bridgehead atoms. The summed E-state index contributed by atoms with van der Waals surface area (Å²) >= 11 is 1.55. The Bertz CT molecular complexity index is 479. The number of hydrogen-bond acceptors (Lipinski definition) is 5. The van der Waals surface area contributed by atoms with Crippen LogP contribution in [0, 0.1) is 0 Å². The molecular weight excluding hydrogens is 238 g/mol. The average molecular weight is 251 g/mol. The van der Waals surface area contributed by atoms with E-state index in [1.54, 1.807) is 23.0 Å². The number of carbonyl (C=O) groups excluding carboxylic acids is 1. The Morgan fingerprint density at radius 2 is 2.47 bits per heavy atom. The van der Waals surface area contributed by atoms with Crippen LogP contribution >= 0.6 is 11.3 Å². The summed E-state index contributed by atoms with van der Waals surface area (Å²) in [5.74, 6) is -0.0803. The molecule has 0 spiro atoms. The standard InChI is InChI=1S/C10H13N5OS/c11-8-3-14-15(4-8)5-10(16)12-2-1-9-6-17-7-13-9/h3-4,6-7H,1-2,5,11H2,(H,12,16). The summed E-state index contributed by atoms with van der Waals surface area (Å²) in [4.78, 5) is 15.7. The molecule has 2 aromatic rings. The molecule has 0 atom stereocenters. The lowest BCUT2D eigenvalue weighted by molar-refractivity contribution is -0.121. The Morgan fingerprint density at radius 3 is 3.12 bits per heavy atom. The highest BCUT2D eigenvalue weighted by Crippen LogP contribution is 2.00. The molecule has 0 aromatic carbocycles. The van der Waals surface area contributed by atoms with Crippen LogP contribution in [0.15, 0.2) is 23.3 Å². The van der Waals surface area contributed by atoms with E-state index >= 15 is 0 Å². The molecule has 0 aliphatic carbocycles. The predicted octanol–water partition coefficient (Wildman–Crippen LogP) is 0.281. The lowest BCUT2D eigenvalue weighted by atomic mass is 10.3. The van der Waals surface area contributed by atoms with Crippen LogP contribution in [-0.2, 0) is 17.8 Å². The summed E-state index contributed by atoms with van der Waals surface area (Å²) in [6, 6.07) is 0. The Hall–Kier alpha value is -1.89. The number of nitrogen functional groups attached to an aromatic ring is 1. The van der Waals surface area contributed by atoms with E-state index in [9.17, 15) is 4.79 Å². The molecule has 2 heterocycles. The van der Waals surface area contributed by atoms with E-state index in [1.165, 1.54) is 10.9 Å². The monoisotopic (exact) mass is 251 g/mol. The van der Waals surface area contributed by atoms with Crippen LogP contribution in [0.25, 0.3) is 0 Å². The molecule has 2 rings (SSSR count). The molecule has 7 heteroatoms. The van der Waals surface area contributed by atoms with Gasteiger partial charge in [0.05, 0.1) is 23.1 Å². The summed E-state index contributed by atoms with van der Waals surface area (Å²) < 4.78 is 1.51. The SMILES string of the molecule is Nc1cnn(CC(=O)NCCc2cscn2)c1. The fraction of sp³-hybridized carbons (Fsp3) is 0.300. The smallest absolute Gasteiger partial charge is 0.241 e. The minimum Gasteiger partial charge on any atom is -0.396 e. The van der Waals surface area contributed by atoms with Crippen molar-refractivity contribution < 1.29 is 4.79 Å². The topological polar surface area (TPSA) is 85.8 Å².